The zero-order valence-electron chi connectivity index (χ0n) is 14.3. The summed E-state index contributed by atoms with van der Waals surface area (Å²) in [7, 11) is 0. The maximum Gasteiger partial charge on any atom is 0.251 e. The Morgan fingerprint density at radius 3 is 2.62 bits per heavy atom. The Morgan fingerprint density at radius 1 is 1.19 bits per heavy atom. The SMILES string of the molecule is N#Cc1ccsc1NC(=O)CN1CCC(NC(=O)c2ccccc2)CC1. The molecule has 1 aromatic carbocycles. The molecule has 3 rings (SSSR count). The molecule has 26 heavy (non-hydrogen) atoms. The van der Waals surface area contributed by atoms with Gasteiger partial charge in [0.05, 0.1) is 12.1 Å². The average Bonchev–Trinajstić information content (AvgIpc) is 3.11. The van der Waals surface area contributed by atoms with Crippen molar-refractivity contribution in [2.75, 3.05) is 25.0 Å². The Balaban J connectivity index is 1.43. The van der Waals surface area contributed by atoms with E-state index >= 15 is 0 Å². The molecule has 6 nitrogen and oxygen atoms in total. The maximum absolute atomic E-state index is 12.2. The molecule has 0 atom stereocenters. The molecule has 7 heteroatoms. The molecule has 2 amide bonds. The number of piperidine rings is 1. The quantitative estimate of drug-likeness (QED) is 0.849. The van der Waals surface area contributed by atoms with Gasteiger partial charge in [-0.2, -0.15) is 5.26 Å². The number of hydrogen-bond acceptors (Lipinski definition) is 5. The monoisotopic (exact) mass is 368 g/mol. The Hall–Kier alpha value is -2.69. The van der Waals surface area contributed by atoms with Crippen molar-refractivity contribution < 1.29 is 9.59 Å². The highest BCUT2D eigenvalue weighted by atomic mass is 32.1. The number of carbonyl (C=O) groups is 2. The van der Waals surface area contributed by atoms with Crippen LogP contribution in [0.4, 0.5) is 5.00 Å². The van der Waals surface area contributed by atoms with Crippen LogP contribution < -0.4 is 10.6 Å². The summed E-state index contributed by atoms with van der Waals surface area (Å²) in [5.41, 5.74) is 1.16. The highest BCUT2D eigenvalue weighted by Gasteiger charge is 2.22. The minimum atomic E-state index is -0.115. The van der Waals surface area contributed by atoms with Crippen LogP contribution >= 0.6 is 11.3 Å². The minimum Gasteiger partial charge on any atom is -0.349 e. The second kappa shape index (κ2) is 8.61. The maximum atomic E-state index is 12.2. The molecule has 1 fully saturated rings. The molecule has 0 radical (unpaired) electrons. The largest absolute Gasteiger partial charge is 0.349 e. The number of amides is 2. The molecule has 0 bridgehead atoms. The molecule has 0 aliphatic carbocycles. The molecule has 1 aliphatic heterocycles. The van der Waals surface area contributed by atoms with Gasteiger partial charge < -0.3 is 10.6 Å². The van der Waals surface area contributed by atoms with Gasteiger partial charge in [-0.25, -0.2) is 0 Å². The number of hydrogen-bond donors (Lipinski definition) is 2. The third-order valence-electron chi connectivity index (χ3n) is 4.36. The minimum absolute atomic E-state index is 0.0523. The fourth-order valence-electron chi connectivity index (χ4n) is 2.96. The third kappa shape index (κ3) is 4.69. The van der Waals surface area contributed by atoms with Crippen molar-refractivity contribution in [2.24, 2.45) is 0 Å². The molecule has 1 aliphatic rings. The molecule has 0 spiro atoms. The molecule has 2 heterocycles. The van der Waals surface area contributed by atoms with Crippen molar-refractivity contribution in [1.82, 2.24) is 10.2 Å². The number of nitriles is 1. The highest BCUT2D eigenvalue weighted by molar-refractivity contribution is 7.14. The van der Waals surface area contributed by atoms with Gasteiger partial charge in [-0.1, -0.05) is 18.2 Å². The summed E-state index contributed by atoms with van der Waals surface area (Å²) in [6, 6.07) is 13.1. The van der Waals surface area contributed by atoms with Crippen molar-refractivity contribution in [3.63, 3.8) is 0 Å². The summed E-state index contributed by atoms with van der Waals surface area (Å²) in [6.45, 7) is 1.80. The first-order valence-electron chi connectivity index (χ1n) is 8.51. The topological polar surface area (TPSA) is 85.2 Å². The van der Waals surface area contributed by atoms with Gasteiger partial charge in [0.15, 0.2) is 0 Å². The van der Waals surface area contributed by atoms with Crippen molar-refractivity contribution in [3.05, 3.63) is 52.9 Å². The van der Waals surface area contributed by atoms with E-state index in [1.165, 1.54) is 11.3 Å². The van der Waals surface area contributed by atoms with E-state index in [4.69, 9.17) is 5.26 Å². The van der Waals surface area contributed by atoms with Crippen molar-refractivity contribution in [3.8, 4) is 6.07 Å². The number of benzene rings is 1. The lowest BCUT2D eigenvalue weighted by Crippen LogP contribution is -2.46. The van der Waals surface area contributed by atoms with E-state index in [-0.39, 0.29) is 17.9 Å². The lowest BCUT2D eigenvalue weighted by atomic mass is 10.0. The Kier molecular flexibility index (Phi) is 6.00. The number of anilines is 1. The zero-order chi connectivity index (χ0) is 18.4. The van der Waals surface area contributed by atoms with Crippen LogP contribution in [0.15, 0.2) is 41.8 Å². The van der Waals surface area contributed by atoms with Gasteiger partial charge in [-0.3, -0.25) is 14.5 Å². The first-order chi connectivity index (χ1) is 12.7. The molecular formula is C19H20N4O2S. The predicted octanol–water partition coefficient (Wildman–Crippen LogP) is 2.45. The van der Waals surface area contributed by atoms with Crippen LogP contribution in [0.1, 0.15) is 28.8 Å². The third-order valence-corrected chi connectivity index (χ3v) is 5.19. The van der Waals surface area contributed by atoms with Gasteiger partial charge in [0.1, 0.15) is 11.1 Å². The zero-order valence-corrected chi connectivity index (χ0v) is 15.1. The van der Waals surface area contributed by atoms with Crippen LogP contribution in [0.5, 0.6) is 0 Å². The van der Waals surface area contributed by atoms with Gasteiger partial charge in [-0.15, -0.1) is 11.3 Å². The molecule has 0 unspecified atom stereocenters. The fraction of sp³-hybridized carbons (Fsp3) is 0.316. The highest BCUT2D eigenvalue weighted by Crippen LogP contribution is 2.22. The van der Waals surface area contributed by atoms with Crippen LogP contribution in [0.3, 0.4) is 0 Å². The Labute approximate surface area is 156 Å². The van der Waals surface area contributed by atoms with E-state index in [0.717, 1.165) is 25.9 Å². The van der Waals surface area contributed by atoms with Crippen LogP contribution in [0, 0.1) is 11.3 Å². The van der Waals surface area contributed by atoms with Gasteiger partial charge >= 0.3 is 0 Å². The van der Waals surface area contributed by atoms with E-state index in [1.807, 2.05) is 18.2 Å². The van der Waals surface area contributed by atoms with E-state index in [0.29, 0.717) is 22.7 Å². The van der Waals surface area contributed by atoms with E-state index in [2.05, 4.69) is 21.6 Å². The summed E-state index contributed by atoms with van der Waals surface area (Å²) in [6.07, 6.45) is 1.63. The molecular weight excluding hydrogens is 348 g/mol. The van der Waals surface area contributed by atoms with Crippen molar-refractivity contribution in [2.45, 2.75) is 18.9 Å². The van der Waals surface area contributed by atoms with Gasteiger partial charge in [0.2, 0.25) is 5.91 Å². The number of likely N-dealkylation sites (tertiary alicyclic amines) is 1. The normalized spacial score (nSPS) is 15.2. The van der Waals surface area contributed by atoms with Gasteiger partial charge in [-0.05, 0) is 36.4 Å². The summed E-state index contributed by atoms with van der Waals surface area (Å²) in [5.74, 6) is -0.167. The lowest BCUT2D eigenvalue weighted by Gasteiger charge is -2.31. The predicted molar refractivity (Wildman–Crippen MR) is 101 cm³/mol. The number of carbonyl (C=O) groups excluding carboxylic acids is 2. The first kappa shape index (κ1) is 18.1. The summed E-state index contributed by atoms with van der Waals surface area (Å²) in [5, 5.41) is 17.2. The average molecular weight is 368 g/mol. The molecule has 134 valence electrons. The standard InChI is InChI=1S/C19H20N4O2S/c20-12-15-8-11-26-19(15)22-17(24)13-23-9-6-16(7-10-23)21-18(25)14-4-2-1-3-5-14/h1-5,8,11,16H,6-7,9-10,13H2,(H,21,25)(H,22,24). The summed E-state index contributed by atoms with van der Waals surface area (Å²) >= 11 is 1.35. The number of thiophene rings is 1. The second-order valence-corrected chi connectivity index (χ2v) is 7.13. The number of nitrogens with one attached hydrogen (secondary N) is 2. The summed E-state index contributed by atoms with van der Waals surface area (Å²) < 4.78 is 0. The van der Waals surface area contributed by atoms with Crippen LogP contribution in [-0.2, 0) is 4.79 Å². The molecule has 1 saturated heterocycles. The van der Waals surface area contributed by atoms with Crippen LogP contribution in [-0.4, -0.2) is 42.4 Å². The summed E-state index contributed by atoms with van der Waals surface area (Å²) in [4.78, 5) is 26.4. The second-order valence-electron chi connectivity index (χ2n) is 6.21. The van der Waals surface area contributed by atoms with Crippen LogP contribution in [0.25, 0.3) is 0 Å². The van der Waals surface area contributed by atoms with E-state index < -0.39 is 0 Å². The van der Waals surface area contributed by atoms with Crippen LogP contribution in [0.2, 0.25) is 0 Å². The Bertz CT molecular complexity index is 804. The van der Waals surface area contributed by atoms with Gasteiger partial charge in [0, 0.05) is 24.7 Å². The molecule has 2 N–H and O–H groups in total. The molecule has 2 aromatic rings. The smallest absolute Gasteiger partial charge is 0.251 e. The van der Waals surface area contributed by atoms with Crippen molar-refractivity contribution >= 4 is 28.2 Å². The van der Waals surface area contributed by atoms with Gasteiger partial charge in [0.25, 0.3) is 5.91 Å². The molecule has 1 aromatic heterocycles. The molecule has 0 saturated carbocycles. The number of nitrogens with zero attached hydrogens (tertiary/aromatic N) is 2. The van der Waals surface area contributed by atoms with Crippen molar-refractivity contribution in [1.29, 1.82) is 5.26 Å². The lowest BCUT2D eigenvalue weighted by molar-refractivity contribution is -0.117. The number of rotatable bonds is 5. The fourth-order valence-corrected chi connectivity index (χ4v) is 3.71. The first-order valence-corrected chi connectivity index (χ1v) is 9.39. The van der Waals surface area contributed by atoms with E-state index in [9.17, 15) is 9.59 Å². The Morgan fingerprint density at radius 2 is 1.92 bits per heavy atom. The van der Waals surface area contributed by atoms with E-state index in [1.54, 1.807) is 23.6 Å².